The van der Waals surface area contributed by atoms with Gasteiger partial charge in [-0.25, -0.2) is 23.3 Å². The molecule has 16 heteroatoms. The Balaban J connectivity index is 1.49. The fourth-order valence-electron chi connectivity index (χ4n) is 5.44. The molecule has 1 aromatic carbocycles. The number of aromatic amines is 1. The van der Waals surface area contributed by atoms with Crippen molar-refractivity contribution in [3.8, 4) is 23.1 Å². The molecule has 0 bridgehead atoms. The van der Waals surface area contributed by atoms with Crippen LogP contribution in [0.4, 0.5) is 32.0 Å². The third-order valence-corrected chi connectivity index (χ3v) is 7.33. The van der Waals surface area contributed by atoms with Gasteiger partial charge in [0, 0.05) is 36.4 Å². The number of ether oxygens (including phenoxy) is 1. The molecule has 41 heavy (non-hydrogen) atoms. The van der Waals surface area contributed by atoms with Crippen molar-refractivity contribution in [2.45, 2.75) is 37.3 Å². The lowest BCUT2D eigenvalue weighted by molar-refractivity contribution is -0.135. The molecule has 1 spiro atoms. The predicted molar refractivity (Wildman–Crippen MR) is 128 cm³/mol. The van der Waals surface area contributed by atoms with Crippen LogP contribution < -0.4 is 15.2 Å². The number of hydrogen-bond acceptors (Lipinski definition) is 8. The molecule has 3 aromatic heterocycles. The largest absolute Gasteiger partial charge is 0.485 e. The number of aromatic nitrogens is 5. The second-order valence-electron chi connectivity index (χ2n) is 9.73. The van der Waals surface area contributed by atoms with Gasteiger partial charge < -0.3 is 9.84 Å². The summed E-state index contributed by atoms with van der Waals surface area (Å²) in [5.41, 5.74) is -4.09. The quantitative estimate of drug-likeness (QED) is 0.277. The Hall–Kier alpha value is -4.65. The molecule has 0 radical (unpaired) electrons. The number of aliphatic hydroxyl groups is 1. The van der Waals surface area contributed by atoms with E-state index in [2.05, 4.69) is 20.3 Å². The summed E-state index contributed by atoms with van der Waals surface area (Å²) in [6, 6.07) is 4.36. The van der Waals surface area contributed by atoms with Gasteiger partial charge in [0.05, 0.1) is 53.1 Å². The van der Waals surface area contributed by atoms with E-state index in [0.717, 1.165) is 6.07 Å². The highest BCUT2D eigenvalue weighted by molar-refractivity contribution is 5.89. The molecule has 4 aromatic rings. The smallest absolute Gasteiger partial charge is 0.481 e. The van der Waals surface area contributed by atoms with Gasteiger partial charge in [0.15, 0.2) is 5.75 Å². The summed E-state index contributed by atoms with van der Waals surface area (Å²) in [6.45, 7) is -1.43. The summed E-state index contributed by atoms with van der Waals surface area (Å²) in [6.07, 6.45) is -6.82. The minimum absolute atomic E-state index is 0.0143. The number of H-pyrrole nitrogens is 1. The van der Waals surface area contributed by atoms with Gasteiger partial charge in [-0.3, -0.25) is 14.4 Å². The maximum Gasteiger partial charge on any atom is 0.485 e. The number of nitrogens with one attached hydrogen (secondary N) is 1. The number of benzene rings is 1. The van der Waals surface area contributed by atoms with E-state index in [1.165, 1.54) is 24.0 Å². The van der Waals surface area contributed by atoms with Crippen LogP contribution in [0.15, 0.2) is 29.2 Å². The molecule has 1 aliphatic carbocycles. The lowest BCUT2D eigenvalue weighted by Crippen LogP contribution is -2.50. The Labute approximate surface area is 225 Å². The average Bonchev–Trinajstić information content (AvgIpc) is 3.45. The minimum atomic E-state index is -4.94. The highest BCUT2D eigenvalue weighted by Gasteiger charge is 2.65. The van der Waals surface area contributed by atoms with E-state index >= 15 is 0 Å². The lowest BCUT2D eigenvalue weighted by atomic mass is 10.0. The molecule has 212 valence electrons. The molecule has 1 saturated carbocycles. The molecular formula is C25H17F6N7O3. The van der Waals surface area contributed by atoms with E-state index < -0.39 is 76.9 Å². The second kappa shape index (κ2) is 8.93. The highest BCUT2D eigenvalue weighted by Crippen LogP contribution is 2.61. The van der Waals surface area contributed by atoms with Crippen LogP contribution in [-0.4, -0.2) is 48.5 Å². The van der Waals surface area contributed by atoms with Crippen LogP contribution in [0.5, 0.6) is 5.75 Å². The first kappa shape index (κ1) is 26.6. The Bertz CT molecular complexity index is 1830. The van der Waals surface area contributed by atoms with E-state index in [1.807, 2.05) is 0 Å². The van der Waals surface area contributed by atoms with Crippen LogP contribution in [0.3, 0.4) is 0 Å². The van der Waals surface area contributed by atoms with E-state index in [0.29, 0.717) is 11.8 Å². The van der Waals surface area contributed by atoms with E-state index in [9.17, 15) is 41.5 Å². The molecule has 6 rings (SSSR count). The first-order valence-electron chi connectivity index (χ1n) is 12.0. The van der Waals surface area contributed by atoms with Crippen LogP contribution in [0.2, 0.25) is 0 Å². The first-order chi connectivity index (χ1) is 19.4. The number of nitrogens with zero attached hydrogens (tertiary/aromatic N) is 6. The molecule has 2 unspecified atom stereocenters. The molecule has 1 aliphatic heterocycles. The van der Waals surface area contributed by atoms with Crippen LogP contribution in [-0.2, 0) is 13.7 Å². The fraction of sp³-hybridized carbons (Fsp3) is 0.320. The topological polar surface area (TPSA) is 133 Å². The van der Waals surface area contributed by atoms with Crippen molar-refractivity contribution in [1.29, 1.82) is 5.26 Å². The molecule has 2 aliphatic rings. The van der Waals surface area contributed by atoms with Crippen LogP contribution in [0, 0.1) is 17.1 Å². The molecule has 2 atom stereocenters. The van der Waals surface area contributed by atoms with Crippen LogP contribution in [0.25, 0.3) is 22.0 Å². The van der Waals surface area contributed by atoms with Gasteiger partial charge in [-0.1, -0.05) is 0 Å². The minimum Gasteiger partial charge on any atom is -0.481 e. The number of aliphatic hydroxyl groups excluding tert-OH is 1. The number of alkyl halides is 5. The van der Waals surface area contributed by atoms with E-state index in [4.69, 9.17) is 4.74 Å². The second-order valence-corrected chi connectivity index (χ2v) is 9.73. The van der Waals surface area contributed by atoms with Gasteiger partial charge in [-0.15, -0.1) is 0 Å². The normalized spacial score (nSPS) is 19.9. The average molecular weight is 577 g/mol. The monoisotopic (exact) mass is 577 g/mol. The summed E-state index contributed by atoms with van der Waals surface area (Å²) in [5, 5.41) is 28.6. The number of fused-ring (bicyclic) bond motifs is 2. The first-order valence-corrected chi connectivity index (χ1v) is 12.0. The number of nitriles is 1. The maximum atomic E-state index is 14.1. The number of anilines is 1. The predicted octanol–water partition coefficient (Wildman–Crippen LogP) is 3.80. The molecule has 2 N–H and O–H groups in total. The Morgan fingerprint density at radius 3 is 2.73 bits per heavy atom. The summed E-state index contributed by atoms with van der Waals surface area (Å²) < 4.78 is 91.9. The number of pyridine rings is 1. The van der Waals surface area contributed by atoms with Crippen LogP contribution in [0.1, 0.15) is 41.4 Å². The van der Waals surface area contributed by atoms with E-state index in [-0.39, 0.29) is 33.7 Å². The fourth-order valence-corrected chi connectivity index (χ4v) is 5.44. The molecule has 4 heterocycles. The van der Waals surface area contributed by atoms with Gasteiger partial charge in [0.2, 0.25) is 0 Å². The van der Waals surface area contributed by atoms with Gasteiger partial charge in [0.1, 0.15) is 23.2 Å². The van der Waals surface area contributed by atoms with Gasteiger partial charge in [0.25, 0.3) is 12.0 Å². The standard InChI is InChI=1S/C25H17F6N7O3/c1-37-20(13(7-33-37)15-4-12-16(8-39)35-36-23(40)18(12)19(34-15)22(27)28)14-5-24(14)9-38(25(29,30)31)17-3-11(26)2-10(6-32)21(17)41-24/h2-4,7,14,22,39H,5,8-9H2,1H3,(H,36,40). The number of hydrogen-bond donors (Lipinski definition) is 2. The Kier molecular flexibility index (Phi) is 5.79. The molecule has 10 nitrogen and oxygen atoms in total. The molecular weight excluding hydrogens is 560 g/mol. The highest BCUT2D eigenvalue weighted by atomic mass is 19.4. The van der Waals surface area contributed by atoms with Gasteiger partial charge >= 0.3 is 6.30 Å². The zero-order chi connectivity index (χ0) is 29.4. The lowest BCUT2D eigenvalue weighted by Gasteiger charge is -2.38. The van der Waals surface area contributed by atoms with Crippen molar-refractivity contribution < 1.29 is 36.2 Å². The molecule has 1 fully saturated rings. The zero-order valence-electron chi connectivity index (χ0n) is 20.8. The zero-order valence-corrected chi connectivity index (χ0v) is 20.8. The third kappa shape index (κ3) is 4.06. The number of rotatable bonds is 4. The molecule has 0 amide bonds. The maximum absolute atomic E-state index is 14.1. The van der Waals surface area contributed by atoms with Gasteiger partial charge in [-0.05, 0) is 12.1 Å². The summed E-state index contributed by atoms with van der Waals surface area (Å²) >= 11 is 0. The SMILES string of the molecule is Cn1ncc(-c2cc3c(CO)n[nH]c(=O)c3c(C(F)F)n2)c1C1CC12CN(C(F)(F)F)c1cc(F)cc(C#N)c1O2. The van der Waals surface area contributed by atoms with Crippen molar-refractivity contribution >= 4 is 16.5 Å². The van der Waals surface area contributed by atoms with Gasteiger partial charge in [-0.2, -0.15) is 28.6 Å². The van der Waals surface area contributed by atoms with Crippen LogP contribution >= 0.6 is 0 Å². The summed E-state index contributed by atoms with van der Waals surface area (Å²) in [4.78, 5) is 16.4. The van der Waals surface area contributed by atoms with Crippen molar-refractivity contribution in [1.82, 2.24) is 25.0 Å². The Morgan fingerprint density at radius 2 is 2.07 bits per heavy atom. The van der Waals surface area contributed by atoms with Crippen molar-refractivity contribution in [3.63, 3.8) is 0 Å². The number of aryl methyl sites for hydroxylation is 1. The summed E-state index contributed by atoms with van der Waals surface area (Å²) in [5.74, 6) is -2.24. The van der Waals surface area contributed by atoms with Crippen molar-refractivity contribution in [2.24, 2.45) is 7.05 Å². The van der Waals surface area contributed by atoms with E-state index in [1.54, 1.807) is 6.07 Å². The summed E-state index contributed by atoms with van der Waals surface area (Å²) in [7, 11) is 1.50. The van der Waals surface area contributed by atoms with Crippen molar-refractivity contribution in [2.75, 3.05) is 11.4 Å². The molecule has 0 saturated heterocycles. The third-order valence-electron chi connectivity index (χ3n) is 7.33. The Morgan fingerprint density at radius 1 is 1.32 bits per heavy atom. The number of halogens is 6. The van der Waals surface area contributed by atoms with Crippen molar-refractivity contribution in [3.05, 3.63) is 63.2 Å².